The summed E-state index contributed by atoms with van der Waals surface area (Å²) in [7, 11) is 0. The number of nitrogens with one attached hydrogen (secondary N) is 1. The molecule has 0 aliphatic heterocycles. The molecule has 0 spiro atoms. The molecule has 0 aromatic heterocycles. The Labute approximate surface area is 94.5 Å². The van der Waals surface area contributed by atoms with E-state index in [1.54, 1.807) is 0 Å². The molecule has 15 heavy (non-hydrogen) atoms. The third-order valence-electron chi connectivity index (χ3n) is 3.81. The molecule has 1 saturated carbocycles. The molecule has 0 aromatic rings. The van der Waals surface area contributed by atoms with Gasteiger partial charge in [-0.3, -0.25) is 0 Å². The quantitative estimate of drug-likeness (QED) is 0.735. The lowest BCUT2D eigenvalue weighted by atomic mass is 9.80. The van der Waals surface area contributed by atoms with E-state index in [-0.39, 0.29) is 0 Å². The van der Waals surface area contributed by atoms with Crippen molar-refractivity contribution in [1.82, 2.24) is 5.32 Å². The van der Waals surface area contributed by atoms with E-state index in [1.165, 1.54) is 19.3 Å². The second-order valence-electron chi connectivity index (χ2n) is 5.53. The molecule has 0 bridgehead atoms. The van der Waals surface area contributed by atoms with Crippen LogP contribution < -0.4 is 5.32 Å². The van der Waals surface area contributed by atoms with Gasteiger partial charge in [0.05, 0.1) is 0 Å². The highest BCUT2D eigenvalue weighted by molar-refractivity contribution is 4.81. The Balaban J connectivity index is 2.23. The van der Waals surface area contributed by atoms with Gasteiger partial charge in [0, 0.05) is 12.6 Å². The topological polar surface area (TPSA) is 32.3 Å². The molecule has 1 aliphatic carbocycles. The van der Waals surface area contributed by atoms with Crippen LogP contribution in [0.1, 0.15) is 46.5 Å². The van der Waals surface area contributed by atoms with Crippen molar-refractivity contribution in [1.29, 1.82) is 0 Å². The highest BCUT2D eigenvalue weighted by Crippen LogP contribution is 2.28. The second kappa shape index (κ2) is 6.49. The first-order valence-corrected chi connectivity index (χ1v) is 6.47. The van der Waals surface area contributed by atoms with Crippen molar-refractivity contribution in [3.63, 3.8) is 0 Å². The van der Waals surface area contributed by atoms with Crippen LogP contribution in [0.15, 0.2) is 0 Å². The summed E-state index contributed by atoms with van der Waals surface area (Å²) in [6.45, 7) is 8.31. The van der Waals surface area contributed by atoms with Crippen LogP contribution in [-0.4, -0.2) is 24.3 Å². The zero-order valence-electron chi connectivity index (χ0n) is 10.5. The van der Waals surface area contributed by atoms with Gasteiger partial charge in [0.25, 0.3) is 0 Å². The van der Waals surface area contributed by atoms with E-state index < -0.39 is 0 Å². The molecule has 1 aliphatic rings. The van der Waals surface area contributed by atoms with Gasteiger partial charge in [-0.15, -0.1) is 0 Å². The summed E-state index contributed by atoms with van der Waals surface area (Å²) in [5.74, 6) is 2.30. The molecule has 0 aromatic carbocycles. The van der Waals surface area contributed by atoms with E-state index in [0.717, 1.165) is 24.8 Å². The van der Waals surface area contributed by atoms with Crippen LogP contribution in [0.4, 0.5) is 0 Å². The third-order valence-corrected chi connectivity index (χ3v) is 3.81. The number of hydrogen-bond donors (Lipinski definition) is 2. The Morgan fingerprint density at radius 1 is 1.33 bits per heavy atom. The fourth-order valence-electron chi connectivity index (χ4n) is 2.49. The second-order valence-corrected chi connectivity index (χ2v) is 5.53. The lowest BCUT2D eigenvalue weighted by Gasteiger charge is -2.34. The molecule has 4 atom stereocenters. The predicted octanol–water partition coefficient (Wildman–Crippen LogP) is 2.42. The van der Waals surface area contributed by atoms with Crippen molar-refractivity contribution in [3.8, 4) is 0 Å². The normalized spacial score (nSPS) is 34.0. The van der Waals surface area contributed by atoms with Gasteiger partial charge in [-0.05, 0) is 43.6 Å². The number of rotatable bonds is 5. The Bertz CT molecular complexity index is 172. The van der Waals surface area contributed by atoms with E-state index in [0.29, 0.717) is 18.6 Å². The summed E-state index contributed by atoms with van der Waals surface area (Å²) in [6.07, 6.45) is 5.01. The number of aliphatic hydroxyl groups is 1. The third kappa shape index (κ3) is 4.52. The fourth-order valence-corrected chi connectivity index (χ4v) is 2.49. The van der Waals surface area contributed by atoms with Gasteiger partial charge in [0.1, 0.15) is 0 Å². The highest BCUT2D eigenvalue weighted by atomic mass is 16.3. The van der Waals surface area contributed by atoms with Crippen LogP contribution in [0.5, 0.6) is 0 Å². The summed E-state index contributed by atoms with van der Waals surface area (Å²) in [4.78, 5) is 0. The molecule has 1 rings (SSSR count). The lowest BCUT2D eigenvalue weighted by molar-refractivity contribution is 0.212. The van der Waals surface area contributed by atoms with E-state index in [1.807, 2.05) is 0 Å². The summed E-state index contributed by atoms with van der Waals surface area (Å²) in [5, 5.41) is 12.5. The first kappa shape index (κ1) is 13.0. The Morgan fingerprint density at radius 2 is 2.07 bits per heavy atom. The zero-order valence-corrected chi connectivity index (χ0v) is 10.5. The van der Waals surface area contributed by atoms with E-state index >= 15 is 0 Å². The maximum atomic E-state index is 8.84. The molecule has 90 valence electrons. The van der Waals surface area contributed by atoms with Crippen LogP contribution in [0, 0.1) is 17.8 Å². The molecule has 1 fully saturated rings. The molecule has 2 nitrogen and oxygen atoms in total. The summed E-state index contributed by atoms with van der Waals surface area (Å²) in [5.41, 5.74) is 0. The van der Waals surface area contributed by atoms with Crippen molar-refractivity contribution in [2.45, 2.75) is 52.5 Å². The van der Waals surface area contributed by atoms with Crippen molar-refractivity contribution in [2.24, 2.45) is 17.8 Å². The number of hydrogen-bond acceptors (Lipinski definition) is 2. The molecule has 0 saturated heterocycles. The van der Waals surface area contributed by atoms with Crippen LogP contribution in [-0.2, 0) is 0 Å². The van der Waals surface area contributed by atoms with E-state index in [9.17, 15) is 0 Å². The van der Waals surface area contributed by atoms with E-state index in [2.05, 4.69) is 26.1 Å². The fraction of sp³-hybridized carbons (Fsp3) is 1.00. The van der Waals surface area contributed by atoms with Crippen molar-refractivity contribution < 1.29 is 5.11 Å². The smallest absolute Gasteiger partial charge is 0.0434 e. The molecular formula is C13H27NO. The van der Waals surface area contributed by atoms with Crippen molar-refractivity contribution in [2.75, 3.05) is 13.2 Å². The molecule has 0 amide bonds. The van der Waals surface area contributed by atoms with Crippen molar-refractivity contribution >= 4 is 0 Å². The molecular weight excluding hydrogens is 186 g/mol. The van der Waals surface area contributed by atoms with Gasteiger partial charge < -0.3 is 10.4 Å². The first-order chi connectivity index (χ1) is 7.13. The summed E-state index contributed by atoms with van der Waals surface area (Å²) < 4.78 is 0. The minimum atomic E-state index is 0.319. The largest absolute Gasteiger partial charge is 0.396 e. The summed E-state index contributed by atoms with van der Waals surface area (Å²) >= 11 is 0. The average molecular weight is 213 g/mol. The van der Waals surface area contributed by atoms with Gasteiger partial charge in [0.15, 0.2) is 0 Å². The summed E-state index contributed by atoms with van der Waals surface area (Å²) in [6, 6.07) is 0.704. The molecule has 4 unspecified atom stereocenters. The van der Waals surface area contributed by atoms with Crippen molar-refractivity contribution in [3.05, 3.63) is 0 Å². The maximum absolute atomic E-state index is 8.84. The SMILES string of the molecule is CC(CCO)CNC1CC(C)CCC1C. The average Bonchev–Trinajstić information content (AvgIpc) is 2.20. The van der Waals surface area contributed by atoms with Gasteiger partial charge in [-0.1, -0.05) is 27.2 Å². The van der Waals surface area contributed by atoms with Gasteiger partial charge in [-0.2, -0.15) is 0 Å². The maximum Gasteiger partial charge on any atom is 0.0434 e. The minimum absolute atomic E-state index is 0.319. The highest BCUT2D eigenvalue weighted by Gasteiger charge is 2.24. The van der Waals surface area contributed by atoms with Crippen LogP contribution >= 0.6 is 0 Å². The lowest BCUT2D eigenvalue weighted by Crippen LogP contribution is -2.41. The van der Waals surface area contributed by atoms with Crippen LogP contribution in [0.2, 0.25) is 0 Å². The van der Waals surface area contributed by atoms with Gasteiger partial charge >= 0.3 is 0 Å². The monoisotopic (exact) mass is 213 g/mol. The van der Waals surface area contributed by atoms with E-state index in [4.69, 9.17) is 5.11 Å². The molecule has 2 heteroatoms. The Hall–Kier alpha value is -0.0800. The Kier molecular flexibility index (Phi) is 5.62. The predicted molar refractivity (Wildman–Crippen MR) is 64.8 cm³/mol. The van der Waals surface area contributed by atoms with Gasteiger partial charge in [0.2, 0.25) is 0 Å². The molecule has 0 heterocycles. The first-order valence-electron chi connectivity index (χ1n) is 6.47. The molecule has 0 radical (unpaired) electrons. The van der Waals surface area contributed by atoms with Crippen LogP contribution in [0.25, 0.3) is 0 Å². The van der Waals surface area contributed by atoms with Crippen LogP contribution in [0.3, 0.4) is 0 Å². The minimum Gasteiger partial charge on any atom is -0.396 e. The zero-order chi connectivity index (χ0) is 11.3. The number of aliphatic hydroxyl groups excluding tert-OH is 1. The Morgan fingerprint density at radius 3 is 2.73 bits per heavy atom. The molecule has 2 N–H and O–H groups in total. The standard InChI is InChI=1S/C13H27NO/c1-10-4-5-12(3)13(8-10)14-9-11(2)6-7-15/h10-15H,4-9H2,1-3H3. The van der Waals surface area contributed by atoms with Gasteiger partial charge in [-0.25, -0.2) is 0 Å².